The van der Waals surface area contributed by atoms with E-state index in [4.69, 9.17) is 10.5 Å². The van der Waals surface area contributed by atoms with Gasteiger partial charge in [-0.2, -0.15) is 0 Å². The average Bonchev–Trinajstić information content (AvgIpc) is 2.42. The van der Waals surface area contributed by atoms with Gasteiger partial charge < -0.3 is 20.7 Å². The van der Waals surface area contributed by atoms with Crippen LogP contribution in [0.25, 0.3) is 0 Å². The van der Waals surface area contributed by atoms with E-state index in [0.717, 1.165) is 24.5 Å². The summed E-state index contributed by atoms with van der Waals surface area (Å²) in [6.45, 7) is 7.24. The number of rotatable bonds is 10. The number of primary amides is 1. The lowest BCUT2D eigenvalue weighted by Crippen LogP contribution is -2.37. The Kier molecular flexibility index (Phi) is 7.71. The molecule has 6 nitrogen and oxygen atoms in total. The van der Waals surface area contributed by atoms with Gasteiger partial charge in [0.05, 0.1) is 13.2 Å². The second kappa shape index (κ2) is 9.31. The third-order valence-electron chi connectivity index (χ3n) is 2.90. The average molecular weight is 294 g/mol. The summed E-state index contributed by atoms with van der Waals surface area (Å²) in [5, 5.41) is 3.30. The van der Waals surface area contributed by atoms with Crippen LogP contribution in [0.15, 0.2) is 18.3 Å². The van der Waals surface area contributed by atoms with Crippen molar-refractivity contribution in [3.05, 3.63) is 23.9 Å². The SMILES string of the molecule is COCCNCc1cccnc1N(CC(N)=O)CC(C)C. The number of anilines is 1. The van der Waals surface area contributed by atoms with Crippen LogP contribution >= 0.6 is 0 Å². The molecule has 0 aliphatic carbocycles. The van der Waals surface area contributed by atoms with Gasteiger partial charge in [-0.1, -0.05) is 19.9 Å². The monoisotopic (exact) mass is 294 g/mol. The second-order valence-corrected chi connectivity index (χ2v) is 5.40. The van der Waals surface area contributed by atoms with Gasteiger partial charge in [-0.3, -0.25) is 4.79 Å². The minimum atomic E-state index is -0.348. The summed E-state index contributed by atoms with van der Waals surface area (Å²) >= 11 is 0. The smallest absolute Gasteiger partial charge is 0.236 e. The van der Waals surface area contributed by atoms with E-state index in [1.165, 1.54) is 0 Å². The molecule has 1 aromatic rings. The molecule has 0 aromatic carbocycles. The molecule has 0 aliphatic rings. The zero-order valence-corrected chi connectivity index (χ0v) is 13.1. The molecule has 118 valence electrons. The van der Waals surface area contributed by atoms with Gasteiger partial charge in [0.2, 0.25) is 5.91 Å². The first kappa shape index (κ1) is 17.4. The molecule has 0 aliphatic heterocycles. The predicted octanol–water partition coefficient (Wildman–Crippen LogP) is 0.765. The third-order valence-corrected chi connectivity index (χ3v) is 2.90. The summed E-state index contributed by atoms with van der Waals surface area (Å²) in [5.41, 5.74) is 6.41. The number of nitrogens with one attached hydrogen (secondary N) is 1. The number of hydrogen-bond donors (Lipinski definition) is 2. The van der Waals surface area contributed by atoms with Crippen molar-refractivity contribution in [2.75, 3.05) is 38.3 Å². The zero-order chi connectivity index (χ0) is 15.7. The first-order valence-electron chi connectivity index (χ1n) is 7.21. The minimum Gasteiger partial charge on any atom is -0.383 e. The van der Waals surface area contributed by atoms with Crippen molar-refractivity contribution in [1.82, 2.24) is 10.3 Å². The molecule has 6 heteroatoms. The number of nitrogens with zero attached hydrogens (tertiary/aromatic N) is 2. The summed E-state index contributed by atoms with van der Waals surface area (Å²) in [7, 11) is 1.68. The summed E-state index contributed by atoms with van der Waals surface area (Å²) in [4.78, 5) is 17.7. The fourth-order valence-electron chi connectivity index (χ4n) is 2.11. The van der Waals surface area contributed by atoms with Crippen LogP contribution in [0, 0.1) is 5.92 Å². The van der Waals surface area contributed by atoms with Crippen LogP contribution in [0.4, 0.5) is 5.82 Å². The second-order valence-electron chi connectivity index (χ2n) is 5.40. The van der Waals surface area contributed by atoms with Crippen LogP contribution in [0.5, 0.6) is 0 Å². The molecule has 0 saturated carbocycles. The van der Waals surface area contributed by atoms with E-state index in [9.17, 15) is 4.79 Å². The van der Waals surface area contributed by atoms with Crippen molar-refractivity contribution < 1.29 is 9.53 Å². The molecule has 1 heterocycles. The van der Waals surface area contributed by atoms with Gasteiger partial charge in [-0.05, 0) is 12.0 Å². The Morgan fingerprint density at radius 2 is 2.29 bits per heavy atom. The van der Waals surface area contributed by atoms with Gasteiger partial charge in [0.25, 0.3) is 0 Å². The maximum absolute atomic E-state index is 11.3. The van der Waals surface area contributed by atoms with Gasteiger partial charge >= 0.3 is 0 Å². The largest absolute Gasteiger partial charge is 0.383 e. The van der Waals surface area contributed by atoms with Crippen LogP contribution in [-0.4, -0.2) is 44.2 Å². The highest BCUT2D eigenvalue weighted by atomic mass is 16.5. The molecule has 0 unspecified atom stereocenters. The van der Waals surface area contributed by atoms with Crippen molar-refractivity contribution >= 4 is 11.7 Å². The van der Waals surface area contributed by atoms with Gasteiger partial charge in [-0.15, -0.1) is 0 Å². The molecule has 3 N–H and O–H groups in total. The van der Waals surface area contributed by atoms with Crippen LogP contribution in [-0.2, 0) is 16.1 Å². The number of carbonyl (C=O) groups excluding carboxylic acids is 1. The lowest BCUT2D eigenvalue weighted by molar-refractivity contribution is -0.116. The summed E-state index contributed by atoms with van der Waals surface area (Å²) < 4.78 is 5.01. The van der Waals surface area contributed by atoms with Crippen molar-refractivity contribution in [3.8, 4) is 0 Å². The van der Waals surface area contributed by atoms with E-state index in [1.54, 1.807) is 13.3 Å². The number of nitrogens with two attached hydrogens (primary N) is 1. The van der Waals surface area contributed by atoms with E-state index in [1.807, 2.05) is 17.0 Å². The molecule has 0 fully saturated rings. The molecular weight excluding hydrogens is 268 g/mol. The Labute approximate surface area is 126 Å². The van der Waals surface area contributed by atoms with Crippen molar-refractivity contribution in [2.45, 2.75) is 20.4 Å². The molecule has 1 rings (SSSR count). The minimum absolute atomic E-state index is 0.181. The summed E-state index contributed by atoms with van der Waals surface area (Å²) in [5.74, 6) is 0.884. The fraction of sp³-hybridized carbons (Fsp3) is 0.600. The van der Waals surface area contributed by atoms with E-state index in [2.05, 4.69) is 24.1 Å². The lowest BCUT2D eigenvalue weighted by Gasteiger charge is -2.26. The molecule has 0 spiro atoms. The predicted molar refractivity (Wildman–Crippen MR) is 84.1 cm³/mol. The number of carbonyl (C=O) groups is 1. The van der Waals surface area contributed by atoms with E-state index >= 15 is 0 Å². The molecule has 0 radical (unpaired) electrons. The highest BCUT2D eigenvalue weighted by Crippen LogP contribution is 2.18. The molecular formula is C15H26N4O2. The fourth-order valence-corrected chi connectivity index (χ4v) is 2.11. The first-order chi connectivity index (χ1) is 10.0. The van der Waals surface area contributed by atoms with Gasteiger partial charge in [0, 0.05) is 38.5 Å². The molecule has 0 bridgehead atoms. The molecule has 0 atom stereocenters. The Balaban J connectivity index is 2.82. The van der Waals surface area contributed by atoms with Crippen LogP contribution in [0.1, 0.15) is 19.4 Å². The highest BCUT2D eigenvalue weighted by molar-refractivity contribution is 5.79. The lowest BCUT2D eigenvalue weighted by atomic mass is 10.1. The third kappa shape index (κ3) is 6.55. The molecule has 0 saturated heterocycles. The van der Waals surface area contributed by atoms with Gasteiger partial charge in [0.1, 0.15) is 5.82 Å². The zero-order valence-electron chi connectivity index (χ0n) is 13.1. The number of hydrogen-bond acceptors (Lipinski definition) is 5. The Bertz CT molecular complexity index is 437. The maximum atomic E-state index is 11.3. The number of methoxy groups -OCH3 is 1. The molecule has 1 amide bonds. The highest BCUT2D eigenvalue weighted by Gasteiger charge is 2.15. The van der Waals surface area contributed by atoms with E-state index in [-0.39, 0.29) is 12.5 Å². The maximum Gasteiger partial charge on any atom is 0.236 e. The summed E-state index contributed by atoms with van der Waals surface area (Å²) in [6, 6.07) is 3.91. The Hall–Kier alpha value is -1.66. The van der Waals surface area contributed by atoms with E-state index < -0.39 is 0 Å². The van der Waals surface area contributed by atoms with Crippen LogP contribution in [0.3, 0.4) is 0 Å². The van der Waals surface area contributed by atoms with Crippen molar-refractivity contribution in [2.24, 2.45) is 11.7 Å². The van der Waals surface area contributed by atoms with Crippen molar-refractivity contribution in [1.29, 1.82) is 0 Å². The van der Waals surface area contributed by atoms with Crippen LogP contribution < -0.4 is 16.0 Å². The number of ether oxygens (including phenoxy) is 1. The molecule has 21 heavy (non-hydrogen) atoms. The van der Waals surface area contributed by atoms with Crippen LogP contribution in [0.2, 0.25) is 0 Å². The van der Waals surface area contributed by atoms with Gasteiger partial charge in [0.15, 0.2) is 0 Å². The molecule has 1 aromatic heterocycles. The Morgan fingerprint density at radius 1 is 1.52 bits per heavy atom. The van der Waals surface area contributed by atoms with Gasteiger partial charge in [-0.25, -0.2) is 4.98 Å². The number of aromatic nitrogens is 1. The normalized spacial score (nSPS) is 10.9. The quantitative estimate of drug-likeness (QED) is 0.623. The number of amides is 1. The number of pyridine rings is 1. The summed E-state index contributed by atoms with van der Waals surface area (Å²) in [6.07, 6.45) is 1.74. The first-order valence-corrected chi connectivity index (χ1v) is 7.21. The topological polar surface area (TPSA) is 80.5 Å². The Morgan fingerprint density at radius 3 is 2.90 bits per heavy atom. The van der Waals surface area contributed by atoms with Crippen molar-refractivity contribution in [3.63, 3.8) is 0 Å². The standard InChI is InChI=1S/C15H26N4O2/c1-12(2)10-19(11-14(16)20)15-13(5-4-6-18-15)9-17-7-8-21-3/h4-6,12,17H,7-11H2,1-3H3,(H2,16,20). The van der Waals surface area contributed by atoms with E-state index in [0.29, 0.717) is 19.1 Å².